The Hall–Kier alpha value is -1.40. The minimum atomic E-state index is -0.185. The van der Waals surface area contributed by atoms with E-state index in [0.29, 0.717) is 17.7 Å². The summed E-state index contributed by atoms with van der Waals surface area (Å²) < 4.78 is 13.8. The van der Waals surface area contributed by atoms with E-state index in [0.717, 1.165) is 24.9 Å². The summed E-state index contributed by atoms with van der Waals surface area (Å²) in [7, 11) is 0. The van der Waals surface area contributed by atoms with Gasteiger partial charge in [0.2, 0.25) is 0 Å². The number of nitrogens with zero attached hydrogens (tertiary/aromatic N) is 2. The van der Waals surface area contributed by atoms with Crippen LogP contribution >= 0.6 is 0 Å². The van der Waals surface area contributed by atoms with E-state index in [-0.39, 0.29) is 5.82 Å². The van der Waals surface area contributed by atoms with E-state index in [2.05, 4.69) is 11.0 Å². The molecular formula is C16H19FN2. The maximum atomic E-state index is 13.8. The van der Waals surface area contributed by atoms with Crippen molar-refractivity contribution in [1.29, 1.82) is 5.26 Å². The maximum absolute atomic E-state index is 13.8. The molecule has 0 unspecified atom stereocenters. The fraction of sp³-hybridized carbons (Fsp3) is 0.562. The number of hydrogen-bond donors (Lipinski definition) is 0. The number of rotatable bonds is 6. The van der Waals surface area contributed by atoms with Gasteiger partial charge in [0.25, 0.3) is 0 Å². The molecule has 0 radical (unpaired) electrons. The summed E-state index contributed by atoms with van der Waals surface area (Å²) in [5.74, 6) is 1.46. The van der Waals surface area contributed by atoms with Crippen LogP contribution in [0.1, 0.15) is 36.8 Å². The van der Waals surface area contributed by atoms with Crippen molar-refractivity contribution in [3.05, 3.63) is 35.1 Å². The normalized spacial score (nSPS) is 18.6. The second-order valence-electron chi connectivity index (χ2n) is 6.00. The van der Waals surface area contributed by atoms with Crippen LogP contribution in [0.4, 0.5) is 4.39 Å². The molecule has 0 spiro atoms. The predicted molar refractivity (Wildman–Crippen MR) is 71.8 cm³/mol. The van der Waals surface area contributed by atoms with Crippen LogP contribution in [0.3, 0.4) is 0 Å². The zero-order valence-electron chi connectivity index (χ0n) is 11.1. The van der Waals surface area contributed by atoms with Gasteiger partial charge in [-0.25, -0.2) is 4.39 Å². The highest BCUT2D eigenvalue weighted by molar-refractivity contribution is 5.33. The smallest absolute Gasteiger partial charge is 0.127 e. The van der Waals surface area contributed by atoms with Gasteiger partial charge in [-0.05, 0) is 55.7 Å². The van der Waals surface area contributed by atoms with Crippen molar-refractivity contribution < 1.29 is 4.39 Å². The summed E-state index contributed by atoms with van der Waals surface area (Å²) in [5, 5.41) is 8.91. The summed E-state index contributed by atoms with van der Waals surface area (Å²) in [6, 6.07) is 6.75. The van der Waals surface area contributed by atoms with Crippen molar-refractivity contribution in [3.63, 3.8) is 0 Å². The Morgan fingerprint density at radius 2 is 1.79 bits per heavy atom. The molecule has 0 aliphatic heterocycles. The van der Waals surface area contributed by atoms with Gasteiger partial charge in [0.1, 0.15) is 5.82 Å². The Bertz CT molecular complexity index is 484. The molecule has 2 nitrogen and oxygen atoms in total. The second-order valence-corrected chi connectivity index (χ2v) is 6.00. The van der Waals surface area contributed by atoms with E-state index in [9.17, 15) is 4.39 Å². The van der Waals surface area contributed by atoms with E-state index in [1.165, 1.54) is 31.7 Å². The first-order valence-electron chi connectivity index (χ1n) is 7.15. The lowest BCUT2D eigenvalue weighted by molar-refractivity contribution is 0.241. The summed E-state index contributed by atoms with van der Waals surface area (Å²) >= 11 is 0. The maximum Gasteiger partial charge on any atom is 0.127 e. The first kappa shape index (κ1) is 12.6. The third-order valence-electron chi connectivity index (χ3n) is 4.00. The first-order chi connectivity index (χ1) is 9.24. The molecule has 0 atom stereocenters. The molecule has 0 aromatic heterocycles. The van der Waals surface area contributed by atoms with Crippen molar-refractivity contribution in [2.75, 3.05) is 13.1 Å². The fourth-order valence-electron chi connectivity index (χ4n) is 2.54. The molecule has 1 aromatic carbocycles. The van der Waals surface area contributed by atoms with E-state index < -0.39 is 0 Å². The monoisotopic (exact) mass is 258 g/mol. The Morgan fingerprint density at radius 1 is 1.16 bits per heavy atom. The molecule has 2 aliphatic rings. The quantitative estimate of drug-likeness (QED) is 0.782. The number of halogens is 1. The summed E-state index contributed by atoms with van der Waals surface area (Å²) in [6.45, 7) is 2.83. The van der Waals surface area contributed by atoms with Gasteiger partial charge < -0.3 is 0 Å². The highest BCUT2D eigenvalue weighted by atomic mass is 19.1. The average Bonchev–Trinajstić information content (AvgIpc) is 3.28. The summed E-state index contributed by atoms with van der Waals surface area (Å²) in [5.41, 5.74) is 1.22. The van der Waals surface area contributed by atoms with Crippen molar-refractivity contribution in [2.45, 2.75) is 32.2 Å². The van der Waals surface area contributed by atoms with Gasteiger partial charge in [-0.15, -0.1) is 0 Å². The molecule has 0 amide bonds. The van der Waals surface area contributed by atoms with Gasteiger partial charge in [0.15, 0.2) is 0 Å². The minimum absolute atomic E-state index is 0.185. The van der Waals surface area contributed by atoms with Crippen LogP contribution < -0.4 is 0 Å². The molecule has 0 heterocycles. The highest BCUT2D eigenvalue weighted by Gasteiger charge is 2.29. The lowest BCUT2D eigenvalue weighted by atomic mass is 10.1. The van der Waals surface area contributed by atoms with Gasteiger partial charge in [-0.1, -0.05) is 0 Å². The molecule has 2 fully saturated rings. The van der Waals surface area contributed by atoms with Gasteiger partial charge in [0.05, 0.1) is 11.6 Å². The van der Waals surface area contributed by atoms with Crippen molar-refractivity contribution >= 4 is 0 Å². The topological polar surface area (TPSA) is 27.0 Å². The van der Waals surface area contributed by atoms with Crippen molar-refractivity contribution in [3.8, 4) is 6.07 Å². The molecular weight excluding hydrogens is 239 g/mol. The van der Waals surface area contributed by atoms with Crippen LogP contribution in [0.5, 0.6) is 0 Å². The fourth-order valence-corrected chi connectivity index (χ4v) is 2.54. The van der Waals surface area contributed by atoms with E-state index >= 15 is 0 Å². The largest absolute Gasteiger partial charge is 0.298 e. The summed E-state index contributed by atoms with van der Waals surface area (Å²) in [6.07, 6.45) is 5.29. The van der Waals surface area contributed by atoms with Crippen LogP contribution in [-0.2, 0) is 6.54 Å². The van der Waals surface area contributed by atoms with E-state index in [4.69, 9.17) is 5.26 Å². The van der Waals surface area contributed by atoms with Crippen molar-refractivity contribution in [2.24, 2.45) is 11.8 Å². The molecule has 1 aromatic rings. The standard InChI is InChI=1S/C16H19FN2/c17-16-6-5-14(8-18)7-15(16)11-19(9-12-1-2-12)10-13-3-4-13/h5-7,12-13H,1-4,9-11H2. The summed E-state index contributed by atoms with van der Waals surface area (Å²) in [4.78, 5) is 2.38. The lowest BCUT2D eigenvalue weighted by Gasteiger charge is -2.22. The number of nitriles is 1. The van der Waals surface area contributed by atoms with Crippen LogP contribution in [0.2, 0.25) is 0 Å². The number of benzene rings is 1. The Kier molecular flexibility index (Phi) is 3.52. The highest BCUT2D eigenvalue weighted by Crippen LogP contribution is 2.34. The molecule has 3 heteroatoms. The van der Waals surface area contributed by atoms with Gasteiger partial charge >= 0.3 is 0 Å². The molecule has 2 aliphatic carbocycles. The third-order valence-corrected chi connectivity index (χ3v) is 4.00. The Balaban J connectivity index is 1.70. The van der Waals surface area contributed by atoms with E-state index in [1.807, 2.05) is 0 Å². The first-order valence-corrected chi connectivity index (χ1v) is 7.15. The van der Waals surface area contributed by atoms with Gasteiger partial charge in [0, 0.05) is 25.2 Å². The third kappa shape index (κ3) is 3.54. The van der Waals surface area contributed by atoms with Gasteiger partial charge in [-0.3, -0.25) is 4.90 Å². The van der Waals surface area contributed by atoms with Crippen LogP contribution in [0, 0.1) is 29.0 Å². The molecule has 100 valence electrons. The average molecular weight is 258 g/mol. The lowest BCUT2D eigenvalue weighted by Crippen LogP contribution is -2.28. The molecule has 0 bridgehead atoms. The molecule has 19 heavy (non-hydrogen) atoms. The Labute approximate surface area is 113 Å². The van der Waals surface area contributed by atoms with Crippen LogP contribution in [0.25, 0.3) is 0 Å². The van der Waals surface area contributed by atoms with Crippen molar-refractivity contribution in [1.82, 2.24) is 4.90 Å². The molecule has 0 N–H and O–H groups in total. The zero-order chi connectivity index (χ0) is 13.2. The molecule has 2 saturated carbocycles. The van der Waals surface area contributed by atoms with Crippen LogP contribution in [-0.4, -0.2) is 18.0 Å². The van der Waals surface area contributed by atoms with Gasteiger partial charge in [-0.2, -0.15) is 5.26 Å². The molecule has 0 saturated heterocycles. The Morgan fingerprint density at radius 3 is 2.32 bits per heavy atom. The zero-order valence-corrected chi connectivity index (χ0v) is 11.1. The van der Waals surface area contributed by atoms with Crippen LogP contribution in [0.15, 0.2) is 18.2 Å². The SMILES string of the molecule is N#Cc1ccc(F)c(CN(CC2CC2)CC2CC2)c1. The minimum Gasteiger partial charge on any atom is -0.298 e. The number of hydrogen-bond acceptors (Lipinski definition) is 2. The molecule has 3 rings (SSSR count). The van der Waals surface area contributed by atoms with E-state index in [1.54, 1.807) is 12.1 Å². The second kappa shape index (κ2) is 5.30. The predicted octanol–water partition coefficient (Wildman–Crippen LogP) is 3.32.